The van der Waals surface area contributed by atoms with Gasteiger partial charge in [0.1, 0.15) is 0 Å². The Bertz CT molecular complexity index is 403. The van der Waals surface area contributed by atoms with E-state index in [9.17, 15) is 13.2 Å². The number of nitrogens with zero attached hydrogens (tertiary/aromatic N) is 1. The molecule has 0 bridgehead atoms. The smallest absolute Gasteiger partial charge is 0.226 e. The van der Waals surface area contributed by atoms with Crippen LogP contribution in [-0.2, 0) is 14.6 Å². The van der Waals surface area contributed by atoms with Crippen molar-refractivity contribution in [3.8, 4) is 0 Å². The minimum absolute atomic E-state index is 0.00379. The molecule has 4 nitrogen and oxygen atoms in total. The lowest BCUT2D eigenvalue weighted by atomic mass is 9.85. The summed E-state index contributed by atoms with van der Waals surface area (Å²) in [4.78, 5) is 14.4. The number of amides is 1. The molecule has 0 aromatic heterocycles. The summed E-state index contributed by atoms with van der Waals surface area (Å²) in [6.07, 6.45) is 2.72. The van der Waals surface area contributed by atoms with Crippen LogP contribution in [0.1, 0.15) is 19.3 Å². The van der Waals surface area contributed by atoms with E-state index in [0.29, 0.717) is 17.2 Å². The van der Waals surface area contributed by atoms with Crippen molar-refractivity contribution >= 4 is 31.7 Å². The zero-order valence-electron chi connectivity index (χ0n) is 9.93. The van der Waals surface area contributed by atoms with Crippen molar-refractivity contribution in [1.29, 1.82) is 0 Å². The van der Waals surface area contributed by atoms with Gasteiger partial charge in [-0.25, -0.2) is 8.42 Å². The molecular formula is C11H18BrNO3S. The average molecular weight is 324 g/mol. The quantitative estimate of drug-likeness (QED) is 0.729. The Balaban J connectivity index is 1.83. The molecule has 2 aliphatic rings. The maximum absolute atomic E-state index is 12.0. The van der Waals surface area contributed by atoms with Crippen LogP contribution in [0, 0.1) is 11.8 Å². The second-order valence-electron chi connectivity index (χ2n) is 5.25. The van der Waals surface area contributed by atoms with Crippen LogP contribution in [0.5, 0.6) is 0 Å². The van der Waals surface area contributed by atoms with Crippen molar-refractivity contribution in [2.24, 2.45) is 11.8 Å². The van der Waals surface area contributed by atoms with Gasteiger partial charge in [0.2, 0.25) is 5.91 Å². The predicted molar refractivity (Wildman–Crippen MR) is 69.8 cm³/mol. The fraction of sp³-hybridized carbons (Fsp3) is 0.909. The third-order valence-electron chi connectivity index (χ3n) is 3.67. The Morgan fingerprint density at radius 3 is 2.53 bits per heavy atom. The van der Waals surface area contributed by atoms with Gasteiger partial charge in [-0.15, -0.1) is 0 Å². The summed E-state index contributed by atoms with van der Waals surface area (Å²) >= 11 is 3.53. The molecular weight excluding hydrogens is 306 g/mol. The van der Waals surface area contributed by atoms with Crippen LogP contribution < -0.4 is 0 Å². The number of carbonyl (C=O) groups excluding carboxylic acids is 1. The second kappa shape index (κ2) is 4.88. The van der Waals surface area contributed by atoms with E-state index in [-0.39, 0.29) is 23.3 Å². The van der Waals surface area contributed by atoms with Crippen LogP contribution in [0.25, 0.3) is 0 Å². The zero-order valence-corrected chi connectivity index (χ0v) is 12.3. The van der Waals surface area contributed by atoms with Gasteiger partial charge < -0.3 is 4.90 Å². The molecule has 0 aromatic carbocycles. The summed E-state index contributed by atoms with van der Waals surface area (Å²) in [5.74, 6) is 0.492. The van der Waals surface area contributed by atoms with E-state index in [4.69, 9.17) is 0 Å². The number of hydrogen-bond acceptors (Lipinski definition) is 3. The third-order valence-corrected chi connectivity index (χ3v) is 6.18. The Kier molecular flexibility index (Phi) is 3.83. The minimum atomic E-state index is -2.96. The van der Waals surface area contributed by atoms with Crippen molar-refractivity contribution in [1.82, 2.24) is 4.90 Å². The Morgan fingerprint density at radius 2 is 2.06 bits per heavy atom. The number of carbonyl (C=O) groups is 1. The maximum Gasteiger partial charge on any atom is 0.226 e. The van der Waals surface area contributed by atoms with Gasteiger partial charge in [0.05, 0.1) is 17.4 Å². The van der Waals surface area contributed by atoms with Crippen molar-refractivity contribution in [3.63, 3.8) is 0 Å². The number of sulfone groups is 1. The maximum atomic E-state index is 12.0. The van der Waals surface area contributed by atoms with Crippen molar-refractivity contribution in [3.05, 3.63) is 0 Å². The average Bonchev–Trinajstić information content (AvgIpc) is 2.55. The van der Waals surface area contributed by atoms with Crippen molar-refractivity contribution in [2.75, 3.05) is 25.1 Å². The summed E-state index contributed by atoms with van der Waals surface area (Å²) in [6.45, 7) is 0.761. The highest BCUT2D eigenvalue weighted by atomic mass is 79.9. The van der Waals surface area contributed by atoms with Crippen LogP contribution >= 0.6 is 15.9 Å². The molecule has 1 atom stereocenters. The van der Waals surface area contributed by atoms with Crippen LogP contribution in [0.15, 0.2) is 0 Å². The fourth-order valence-electron chi connectivity index (χ4n) is 2.58. The van der Waals surface area contributed by atoms with Crippen LogP contribution in [-0.4, -0.2) is 49.2 Å². The first-order chi connectivity index (χ1) is 7.87. The monoisotopic (exact) mass is 323 g/mol. The lowest BCUT2D eigenvalue weighted by molar-refractivity contribution is -0.134. The van der Waals surface area contributed by atoms with Gasteiger partial charge in [-0.05, 0) is 25.2 Å². The van der Waals surface area contributed by atoms with E-state index in [1.54, 1.807) is 11.9 Å². The summed E-state index contributed by atoms with van der Waals surface area (Å²) in [5.41, 5.74) is 0. The highest BCUT2D eigenvalue weighted by molar-refractivity contribution is 9.09. The summed E-state index contributed by atoms with van der Waals surface area (Å²) in [5, 5.41) is 0. The molecule has 1 heterocycles. The first-order valence-electron chi connectivity index (χ1n) is 5.97. The molecule has 1 saturated heterocycles. The molecule has 6 heteroatoms. The normalized spacial score (nSPS) is 35.3. The minimum Gasteiger partial charge on any atom is -0.345 e. The molecule has 2 fully saturated rings. The number of halogens is 1. The van der Waals surface area contributed by atoms with Crippen LogP contribution in [0.3, 0.4) is 0 Å². The molecule has 98 valence electrons. The van der Waals surface area contributed by atoms with E-state index >= 15 is 0 Å². The van der Waals surface area contributed by atoms with E-state index in [2.05, 4.69) is 15.9 Å². The highest BCUT2D eigenvalue weighted by Crippen LogP contribution is 2.34. The van der Waals surface area contributed by atoms with E-state index < -0.39 is 9.84 Å². The highest BCUT2D eigenvalue weighted by Gasteiger charge is 2.36. The topological polar surface area (TPSA) is 54.5 Å². The SMILES string of the molecule is CN(CC1CC(Br)C1)C(=O)C1CCS(=O)(=O)C1. The molecule has 0 spiro atoms. The molecule has 2 rings (SSSR count). The van der Waals surface area contributed by atoms with Gasteiger partial charge in [-0.2, -0.15) is 0 Å². The molecule has 0 radical (unpaired) electrons. The largest absolute Gasteiger partial charge is 0.345 e. The van der Waals surface area contributed by atoms with Crippen molar-refractivity contribution < 1.29 is 13.2 Å². The molecule has 1 saturated carbocycles. The van der Waals surface area contributed by atoms with Crippen LogP contribution in [0.2, 0.25) is 0 Å². The Labute approximate surface area is 111 Å². The fourth-order valence-corrected chi connectivity index (χ4v) is 5.37. The number of hydrogen-bond donors (Lipinski definition) is 0. The first kappa shape index (κ1) is 13.3. The first-order valence-corrected chi connectivity index (χ1v) is 8.70. The van der Waals surface area contributed by atoms with Gasteiger partial charge in [-0.1, -0.05) is 15.9 Å². The molecule has 0 aromatic rings. The molecule has 1 aliphatic carbocycles. The Morgan fingerprint density at radius 1 is 1.41 bits per heavy atom. The van der Waals surface area contributed by atoms with Crippen molar-refractivity contribution in [2.45, 2.75) is 24.1 Å². The van der Waals surface area contributed by atoms with E-state index in [1.807, 2.05) is 0 Å². The van der Waals surface area contributed by atoms with E-state index in [1.165, 1.54) is 0 Å². The second-order valence-corrected chi connectivity index (χ2v) is 8.78. The Hall–Kier alpha value is -0.100. The third kappa shape index (κ3) is 3.22. The van der Waals surface area contributed by atoms with Gasteiger partial charge >= 0.3 is 0 Å². The summed E-state index contributed by atoms with van der Waals surface area (Å²) < 4.78 is 22.6. The molecule has 0 N–H and O–H groups in total. The van der Waals surface area contributed by atoms with E-state index in [0.717, 1.165) is 19.4 Å². The van der Waals surface area contributed by atoms with Gasteiger partial charge in [0, 0.05) is 18.4 Å². The summed E-state index contributed by atoms with van der Waals surface area (Å²) in [6, 6.07) is 0. The van der Waals surface area contributed by atoms with Crippen LogP contribution in [0.4, 0.5) is 0 Å². The number of alkyl halides is 1. The van der Waals surface area contributed by atoms with Gasteiger partial charge in [0.15, 0.2) is 9.84 Å². The lowest BCUT2D eigenvalue weighted by Gasteiger charge is -2.35. The molecule has 1 aliphatic heterocycles. The molecule has 1 amide bonds. The molecule has 17 heavy (non-hydrogen) atoms. The summed E-state index contributed by atoms with van der Waals surface area (Å²) in [7, 11) is -1.17. The van der Waals surface area contributed by atoms with Gasteiger partial charge in [0.25, 0.3) is 0 Å². The standard InChI is InChI=1S/C11H18BrNO3S/c1-13(6-8-4-10(12)5-8)11(14)9-2-3-17(15,16)7-9/h8-10H,2-7H2,1H3. The molecule has 1 unspecified atom stereocenters. The number of rotatable bonds is 3. The zero-order chi connectivity index (χ0) is 12.6. The predicted octanol–water partition coefficient (Wildman–Crippen LogP) is 1.05. The lowest BCUT2D eigenvalue weighted by Crippen LogP contribution is -2.40. The van der Waals surface area contributed by atoms with Gasteiger partial charge in [-0.3, -0.25) is 4.79 Å².